The van der Waals surface area contributed by atoms with Crippen LogP contribution in [0, 0.1) is 5.41 Å². The number of piperidine rings is 1. The summed E-state index contributed by atoms with van der Waals surface area (Å²) in [6.45, 7) is 7.68. The zero-order valence-electron chi connectivity index (χ0n) is 11.9. The van der Waals surface area contributed by atoms with Gasteiger partial charge in [-0.25, -0.2) is 0 Å². The van der Waals surface area contributed by atoms with Gasteiger partial charge in [0, 0.05) is 13.6 Å². The lowest BCUT2D eigenvalue weighted by molar-refractivity contribution is -0.133. The molecule has 2 amide bonds. The summed E-state index contributed by atoms with van der Waals surface area (Å²) in [7, 11) is 1.73. The van der Waals surface area contributed by atoms with Crippen molar-refractivity contribution in [2.45, 2.75) is 39.7 Å². The average molecular weight is 255 g/mol. The Bertz CT molecular complexity index is 315. The summed E-state index contributed by atoms with van der Waals surface area (Å²) in [6.07, 6.45) is 2.12. The number of carbonyl (C=O) groups is 2. The van der Waals surface area contributed by atoms with Gasteiger partial charge >= 0.3 is 0 Å². The molecule has 1 rings (SSSR count). The molecule has 0 spiro atoms. The zero-order chi connectivity index (χ0) is 13.8. The third-order valence-electron chi connectivity index (χ3n) is 3.70. The summed E-state index contributed by atoms with van der Waals surface area (Å²) < 4.78 is 0. The van der Waals surface area contributed by atoms with Crippen LogP contribution in [0.25, 0.3) is 0 Å². The molecule has 2 N–H and O–H groups in total. The summed E-state index contributed by atoms with van der Waals surface area (Å²) >= 11 is 0. The first-order valence-corrected chi connectivity index (χ1v) is 6.63. The van der Waals surface area contributed by atoms with Crippen molar-refractivity contribution in [3.05, 3.63) is 0 Å². The molecule has 0 radical (unpaired) electrons. The number of hydrogen-bond donors (Lipinski definition) is 2. The molecule has 5 heteroatoms. The Morgan fingerprint density at radius 1 is 1.44 bits per heavy atom. The van der Waals surface area contributed by atoms with E-state index in [4.69, 9.17) is 0 Å². The van der Waals surface area contributed by atoms with Crippen molar-refractivity contribution in [3.8, 4) is 0 Å². The van der Waals surface area contributed by atoms with Gasteiger partial charge in [-0.2, -0.15) is 0 Å². The summed E-state index contributed by atoms with van der Waals surface area (Å²) in [6, 6.07) is -0.203. The molecule has 1 aliphatic heterocycles. The van der Waals surface area contributed by atoms with E-state index in [1.165, 1.54) is 0 Å². The fourth-order valence-corrected chi connectivity index (χ4v) is 2.23. The minimum absolute atomic E-state index is 0.0535. The molecule has 1 fully saturated rings. The molecule has 1 atom stereocenters. The summed E-state index contributed by atoms with van der Waals surface area (Å²) in [5.74, 6) is -0.128. The predicted molar refractivity (Wildman–Crippen MR) is 71.1 cm³/mol. The van der Waals surface area contributed by atoms with Gasteiger partial charge in [0.1, 0.15) is 0 Å². The van der Waals surface area contributed by atoms with E-state index in [9.17, 15) is 9.59 Å². The van der Waals surface area contributed by atoms with Crippen molar-refractivity contribution in [3.63, 3.8) is 0 Å². The molecule has 18 heavy (non-hydrogen) atoms. The van der Waals surface area contributed by atoms with Gasteiger partial charge in [0.05, 0.1) is 12.6 Å². The van der Waals surface area contributed by atoms with Gasteiger partial charge in [0.2, 0.25) is 11.8 Å². The van der Waals surface area contributed by atoms with Crippen molar-refractivity contribution < 1.29 is 9.59 Å². The zero-order valence-corrected chi connectivity index (χ0v) is 11.9. The van der Waals surface area contributed by atoms with Gasteiger partial charge in [0.25, 0.3) is 0 Å². The highest BCUT2D eigenvalue weighted by atomic mass is 16.2. The quantitative estimate of drug-likeness (QED) is 0.762. The predicted octanol–water partition coefficient (Wildman–Crippen LogP) is 0.359. The normalized spacial score (nSPS) is 22.3. The molecule has 5 nitrogen and oxygen atoms in total. The SMILES string of the molecule is CCN(C)C(=O)CNC(=O)C1NCCCC1(C)C. The van der Waals surface area contributed by atoms with E-state index >= 15 is 0 Å². The van der Waals surface area contributed by atoms with E-state index in [0.717, 1.165) is 19.4 Å². The fourth-order valence-electron chi connectivity index (χ4n) is 2.23. The number of hydrogen-bond acceptors (Lipinski definition) is 3. The molecule has 1 aliphatic rings. The van der Waals surface area contributed by atoms with Crippen LogP contribution in [0.5, 0.6) is 0 Å². The van der Waals surface area contributed by atoms with Crippen LogP contribution in [0.3, 0.4) is 0 Å². The van der Waals surface area contributed by atoms with Crippen LogP contribution in [0.15, 0.2) is 0 Å². The van der Waals surface area contributed by atoms with Gasteiger partial charge < -0.3 is 15.5 Å². The van der Waals surface area contributed by atoms with Gasteiger partial charge in [-0.1, -0.05) is 13.8 Å². The van der Waals surface area contributed by atoms with Crippen LogP contribution in [0.2, 0.25) is 0 Å². The standard InChI is InChI=1S/C13H25N3O2/c1-5-16(4)10(17)9-15-12(18)11-13(2,3)7-6-8-14-11/h11,14H,5-9H2,1-4H3,(H,15,18). The lowest BCUT2D eigenvalue weighted by atomic mass is 9.77. The highest BCUT2D eigenvalue weighted by Gasteiger charge is 2.37. The number of rotatable bonds is 4. The van der Waals surface area contributed by atoms with Crippen molar-refractivity contribution in [2.75, 3.05) is 26.7 Å². The summed E-state index contributed by atoms with van der Waals surface area (Å²) in [4.78, 5) is 25.3. The minimum atomic E-state index is -0.203. The Morgan fingerprint density at radius 2 is 2.11 bits per heavy atom. The maximum absolute atomic E-state index is 12.1. The second-order valence-corrected chi connectivity index (χ2v) is 5.60. The van der Waals surface area contributed by atoms with E-state index in [1.807, 2.05) is 6.92 Å². The molecular formula is C13H25N3O2. The van der Waals surface area contributed by atoms with Crippen LogP contribution < -0.4 is 10.6 Å². The lowest BCUT2D eigenvalue weighted by Gasteiger charge is -2.38. The Hall–Kier alpha value is -1.10. The Balaban J connectivity index is 2.47. The second-order valence-electron chi connectivity index (χ2n) is 5.60. The molecule has 1 saturated heterocycles. The third kappa shape index (κ3) is 3.70. The highest BCUT2D eigenvalue weighted by molar-refractivity contribution is 5.87. The van der Waals surface area contributed by atoms with E-state index in [0.29, 0.717) is 6.54 Å². The molecule has 104 valence electrons. The molecule has 0 bridgehead atoms. The molecule has 0 aliphatic carbocycles. The van der Waals surface area contributed by atoms with Crippen LogP contribution in [0.1, 0.15) is 33.6 Å². The Kier molecular flexibility index (Phi) is 5.14. The van der Waals surface area contributed by atoms with Crippen LogP contribution in [0.4, 0.5) is 0 Å². The number of carbonyl (C=O) groups excluding carboxylic acids is 2. The van der Waals surface area contributed by atoms with Gasteiger partial charge in [0.15, 0.2) is 0 Å². The van der Waals surface area contributed by atoms with Crippen LogP contribution in [-0.2, 0) is 9.59 Å². The number of likely N-dealkylation sites (N-methyl/N-ethyl adjacent to an activating group) is 1. The summed E-state index contributed by atoms with van der Waals surface area (Å²) in [5, 5.41) is 5.97. The molecule has 0 aromatic heterocycles. The second kappa shape index (κ2) is 6.18. The maximum atomic E-state index is 12.1. The first-order valence-electron chi connectivity index (χ1n) is 6.63. The van der Waals surface area contributed by atoms with Crippen LogP contribution >= 0.6 is 0 Å². The summed E-state index contributed by atoms with van der Waals surface area (Å²) in [5.41, 5.74) is -0.0535. The molecule has 1 heterocycles. The van der Waals surface area contributed by atoms with Crippen molar-refractivity contribution >= 4 is 11.8 Å². The van der Waals surface area contributed by atoms with Crippen molar-refractivity contribution in [2.24, 2.45) is 5.41 Å². The van der Waals surface area contributed by atoms with E-state index in [-0.39, 0.29) is 29.8 Å². The monoisotopic (exact) mass is 255 g/mol. The Morgan fingerprint density at radius 3 is 2.67 bits per heavy atom. The molecule has 1 unspecified atom stereocenters. The minimum Gasteiger partial charge on any atom is -0.346 e. The van der Waals surface area contributed by atoms with Gasteiger partial charge in [-0.15, -0.1) is 0 Å². The first kappa shape index (κ1) is 15.0. The largest absolute Gasteiger partial charge is 0.346 e. The van der Waals surface area contributed by atoms with Crippen molar-refractivity contribution in [1.82, 2.24) is 15.5 Å². The van der Waals surface area contributed by atoms with E-state index in [2.05, 4.69) is 24.5 Å². The van der Waals surface area contributed by atoms with E-state index in [1.54, 1.807) is 11.9 Å². The topological polar surface area (TPSA) is 61.4 Å². The highest BCUT2D eigenvalue weighted by Crippen LogP contribution is 2.29. The van der Waals surface area contributed by atoms with Crippen LogP contribution in [-0.4, -0.2) is 49.4 Å². The average Bonchev–Trinajstić information content (AvgIpc) is 2.33. The van der Waals surface area contributed by atoms with Gasteiger partial charge in [-0.3, -0.25) is 9.59 Å². The third-order valence-corrected chi connectivity index (χ3v) is 3.70. The maximum Gasteiger partial charge on any atom is 0.241 e. The smallest absolute Gasteiger partial charge is 0.241 e. The lowest BCUT2D eigenvalue weighted by Crippen LogP contribution is -2.56. The number of nitrogens with one attached hydrogen (secondary N) is 2. The number of amides is 2. The Labute approximate surface area is 109 Å². The van der Waals surface area contributed by atoms with Gasteiger partial charge in [-0.05, 0) is 31.7 Å². The fraction of sp³-hybridized carbons (Fsp3) is 0.846. The molecule has 0 saturated carbocycles. The molecule has 0 aromatic carbocycles. The van der Waals surface area contributed by atoms with E-state index < -0.39 is 0 Å². The molecular weight excluding hydrogens is 230 g/mol. The number of nitrogens with zero attached hydrogens (tertiary/aromatic N) is 1. The molecule has 0 aromatic rings. The van der Waals surface area contributed by atoms with Crippen molar-refractivity contribution in [1.29, 1.82) is 0 Å². The first-order chi connectivity index (χ1) is 8.38.